The number of rotatable bonds is 6. The minimum absolute atomic E-state index is 0.0956. The summed E-state index contributed by atoms with van der Waals surface area (Å²) in [6, 6.07) is 9.73. The van der Waals surface area contributed by atoms with E-state index in [4.69, 9.17) is 15.6 Å². The predicted molar refractivity (Wildman–Crippen MR) is 130 cm³/mol. The van der Waals surface area contributed by atoms with Gasteiger partial charge in [0.2, 0.25) is 5.91 Å². The number of methoxy groups -OCH3 is 1. The second kappa shape index (κ2) is 9.16. The van der Waals surface area contributed by atoms with Crippen molar-refractivity contribution in [1.29, 1.82) is 0 Å². The maximum atomic E-state index is 12.5. The summed E-state index contributed by atoms with van der Waals surface area (Å²) in [5.41, 5.74) is 9.13. The van der Waals surface area contributed by atoms with Gasteiger partial charge in [0, 0.05) is 10.4 Å². The van der Waals surface area contributed by atoms with Gasteiger partial charge in [-0.05, 0) is 49.5 Å². The van der Waals surface area contributed by atoms with E-state index in [1.807, 2.05) is 40.4 Å². The lowest BCUT2D eigenvalue weighted by Gasteiger charge is -2.23. The van der Waals surface area contributed by atoms with Gasteiger partial charge < -0.3 is 21.1 Å². The number of piperidine rings is 1. The Balaban J connectivity index is 1.50. The highest BCUT2D eigenvalue weighted by molar-refractivity contribution is 7.10. The highest BCUT2D eigenvalue weighted by Gasteiger charge is 2.24. The molecule has 1 aromatic carbocycles. The van der Waals surface area contributed by atoms with Crippen LogP contribution in [0.25, 0.3) is 22.3 Å². The molecule has 170 valence electrons. The number of nitrogen functional groups attached to an aromatic ring is 1. The molecular formula is C23H25N7O2S. The van der Waals surface area contributed by atoms with E-state index in [1.165, 1.54) is 6.33 Å². The van der Waals surface area contributed by atoms with Crippen LogP contribution >= 0.6 is 11.3 Å². The van der Waals surface area contributed by atoms with Crippen molar-refractivity contribution < 1.29 is 9.53 Å². The molecule has 1 aliphatic heterocycles. The number of hydrogen-bond acceptors (Lipinski definition) is 8. The van der Waals surface area contributed by atoms with Crippen LogP contribution in [-0.2, 0) is 11.2 Å². The molecule has 1 fully saturated rings. The number of hydrogen-bond donors (Lipinski definition) is 3. The standard InChI is InChI=1S/C23H25N7O2S/c1-32-18-11-14(4-5-17(18)28-19(31)12-16-3-2-10-33-16)21-20-22(24)26-13-27-23(20)30(29-21)15-6-8-25-9-7-15/h2-5,10-11,13,15,25H,6-9,12H2,1H3,(H,28,31)(H2,24,26,27). The van der Waals surface area contributed by atoms with Gasteiger partial charge in [-0.25, -0.2) is 14.6 Å². The van der Waals surface area contributed by atoms with Crippen LogP contribution in [0.4, 0.5) is 11.5 Å². The fraction of sp³-hybridized carbons (Fsp3) is 0.304. The molecule has 0 atom stereocenters. The Morgan fingerprint density at radius 3 is 2.91 bits per heavy atom. The number of benzene rings is 1. The Morgan fingerprint density at radius 1 is 1.30 bits per heavy atom. The number of nitrogens with one attached hydrogen (secondary N) is 2. The van der Waals surface area contributed by atoms with Crippen molar-refractivity contribution in [3.63, 3.8) is 0 Å². The normalized spacial score (nSPS) is 14.5. The third-order valence-corrected chi connectivity index (χ3v) is 6.71. The van der Waals surface area contributed by atoms with E-state index in [0.29, 0.717) is 29.4 Å². The number of nitrogens with zero attached hydrogens (tertiary/aromatic N) is 4. The summed E-state index contributed by atoms with van der Waals surface area (Å²) in [6.07, 6.45) is 3.74. The molecule has 10 heteroatoms. The molecule has 0 radical (unpaired) electrons. The zero-order chi connectivity index (χ0) is 22.8. The molecule has 33 heavy (non-hydrogen) atoms. The van der Waals surface area contributed by atoms with E-state index in [-0.39, 0.29) is 11.9 Å². The molecule has 0 unspecified atom stereocenters. The van der Waals surface area contributed by atoms with Gasteiger partial charge in [0.15, 0.2) is 5.65 Å². The Bertz CT molecular complexity index is 1280. The molecule has 0 spiro atoms. The number of carbonyl (C=O) groups excluding carboxylic acids is 1. The number of aromatic nitrogens is 4. The highest BCUT2D eigenvalue weighted by Crippen LogP contribution is 2.36. The number of nitrogens with two attached hydrogens (primary N) is 1. The SMILES string of the molecule is COc1cc(-c2nn(C3CCNCC3)c3ncnc(N)c23)ccc1NC(=O)Cc1cccs1. The van der Waals surface area contributed by atoms with Crippen molar-refractivity contribution in [3.05, 3.63) is 46.9 Å². The molecule has 5 rings (SSSR count). The second-order valence-electron chi connectivity index (χ2n) is 7.95. The van der Waals surface area contributed by atoms with Crippen LogP contribution in [0, 0.1) is 0 Å². The zero-order valence-corrected chi connectivity index (χ0v) is 19.1. The minimum atomic E-state index is -0.0956. The van der Waals surface area contributed by atoms with Gasteiger partial charge in [-0.15, -0.1) is 11.3 Å². The van der Waals surface area contributed by atoms with Gasteiger partial charge in [-0.1, -0.05) is 12.1 Å². The quantitative estimate of drug-likeness (QED) is 0.401. The maximum absolute atomic E-state index is 12.5. The molecule has 4 aromatic rings. The lowest BCUT2D eigenvalue weighted by molar-refractivity contribution is -0.115. The first-order valence-electron chi connectivity index (χ1n) is 10.8. The monoisotopic (exact) mass is 463 g/mol. The van der Waals surface area contributed by atoms with E-state index in [2.05, 4.69) is 20.6 Å². The molecule has 4 N–H and O–H groups in total. The van der Waals surface area contributed by atoms with Gasteiger partial charge in [-0.2, -0.15) is 5.10 Å². The van der Waals surface area contributed by atoms with Crippen molar-refractivity contribution in [3.8, 4) is 17.0 Å². The number of carbonyl (C=O) groups is 1. The van der Waals surface area contributed by atoms with Gasteiger partial charge in [0.05, 0.1) is 30.6 Å². The summed E-state index contributed by atoms with van der Waals surface area (Å²) in [5.74, 6) is 0.844. The topological polar surface area (TPSA) is 120 Å². The van der Waals surface area contributed by atoms with Crippen LogP contribution in [0.5, 0.6) is 5.75 Å². The molecule has 1 aliphatic rings. The molecule has 0 saturated carbocycles. The Hall–Kier alpha value is -3.50. The lowest BCUT2D eigenvalue weighted by atomic mass is 10.1. The summed E-state index contributed by atoms with van der Waals surface area (Å²) in [7, 11) is 1.58. The lowest BCUT2D eigenvalue weighted by Crippen LogP contribution is -2.30. The fourth-order valence-corrected chi connectivity index (χ4v) is 4.91. The number of fused-ring (bicyclic) bond motifs is 1. The number of ether oxygens (including phenoxy) is 1. The van der Waals surface area contributed by atoms with E-state index >= 15 is 0 Å². The summed E-state index contributed by atoms with van der Waals surface area (Å²) >= 11 is 1.56. The van der Waals surface area contributed by atoms with E-state index in [9.17, 15) is 4.79 Å². The van der Waals surface area contributed by atoms with Gasteiger partial charge >= 0.3 is 0 Å². The van der Waals surface area contributed by atoms with Crippen LogP contribution < -0.4 is 21.1 Å². The summed E-state index contributed by atoms with van der Waals surface area (Å²) < 4.78 is 7.57. The van der Waals surface area contributed by atoms with Crippen LogP contribution in [0.1, 0.15) is 23.8 Å². The number of anilines is 2. The fourth-order valence-electron chi connectivity index (χ4n) is 4.21. The molecule has 1 amide bonds. The predicted octanol–water partition coefficient (Wildman–Crippen LogP) is 3.25. The van der Waals surface area contributed by atoms with Crippen LogP contribution in [-0.4, -0.2) is 45.9 Å². The van der Waals surface area contributed by atoms with Crippen molar-refractivity contribution in [2.75, 3.05) is 31.2 Å². The molecule has 9 nitrogen and oxygen atoms in total. The maximum Gasteiger partial charge on any atom is 0.229 e. The third kappa shape index (κ3) is 4.27. The molecule has 4 heterocycles. The van der Waals surface area contributed by atoms with E-state index < -0.39 is 0 Å². The Labute approximate surface area is 195 Å². The summed E-state index contributed by atoms with van der Waals surface area (Å²) in [5, 5.41) is 13.9. The average Bonchev–Trinajstić information content (AvgIpc) is 3.48. The highest BCUT2D eigenvalue weighted by atomic mass is 32.1. The van der Waals surface area contributed by atoms with Crippen molar-refractivity contribution in [1.82, 2.24) is 25.1 Å². The summed E-state index contributed by atoms with van der Waals surface area (Å²) in [6.45, 7) is 1.88. The first-order chi connectivity index (χ1) is 16.1. The molecule has 0 aliphatic carbocycles. The first kappa shape index (κ1) is 21.4. The van der Waals surface area contributed by atoms with E-state index in [1.54, 1.807) is 18.4 Å². The van der Waals surface area contributed by atoms with Crippen LogP contribution in [0.15, 0.2) is 42.0 Å². The van der Waals surface area contributed by atoms with Gasteiger partial charge in [0.25, 0.3) is 0 Å². The number of amides is 1. The third-order valence-electron chi connectivity index (χ3n) is 5.84. The van der Waals surface area contributed by atoms with Crippen molar-refractivity contribution in [2.24, 2.45) is 0 Å². The Morgan fingerprint density at radius 2 is 2.15 bits per heavy atom. The molecule has 0 bridgehead atoms. The first-order valence-corrected chi connectivity index (χ1v) is 11.7. The van der Waals surface area contributed by atoms with E-state index in [0.717, 1.165) is 47.4 Å². The van der Waals surface area contributed by atoms with Crippen LogP contribution in [0.3, 0.4) is 0 Å². The Kier molecular flexibility index (Phi) is 5.93. The van der Waals surface area contributed by atoms with Gasteiger partial charge in [0.1, 0.15) is 23.6 Å². The smallest absolute Gasteiger partial charge is 0.229 e. The minimum Gasteiger partial charge on any atom is -0.495 e. The van der Waals surface area contributed by atoms with Gasteiger partial charge in [-0.3, -0.25) is 4.79 Å². The molecule has 1 saturated heterocycles. The van der Waals surface area contributed by atoms with Crippen LogP contribution in [0.2, 0.25) is 0 Å². The average molecular weight is 464 g/mol. The largest absolute Gasteiger partial charge is 0.495 e. The van der Waals surface area contributed by atoms with Crippen molar-refractivity contribution in [2.45, 2.75) is 25.3 Å². The summed E-state index contributed by atoms with van der Waals surface area (Å²) in [4.78, 5) is 22.2. The number of thiophene rings is 1. The molecular weight excluding hydrogens is 438 g/mol. The van der Waals surface area contributed by atoms with Crippen molar-refractivity contribution >= 4 is 39.8 Å². The zero-order valence-electron chi connectivity index (χ0n) is 18.2. The molecule has 3 aromatic heterocycles. The second-order valence-corrected chi connectivity index (χ2v) is 8.98.